The zero-order valence-electron chi connectivity index (χ0n) is 16.0. The molecular formula is C25H29NO. The molecule has 2 saturated carbocycles. The highest BCUT2D eigenvalue weighted by Gasteiger charge is 2.48. The van der Waals surface area contributed by atoms with E-state index in [2.05, 4.69) is 72.1 Å². The number of hydrogen-bond donors (Lipinski definition) is 0. The molecule has 0 heterocycles. The van der Waals surface area contributed by atoms with E-state index >= 15 is 0 Å². The van der Waals surface area contributed by atoms with Crippen LogP contribution in [0.25, 0.3) is 0 Å². The molecular weight excluding hydrogens is 330 g/mol. The number of Topliss-reactive ketones (excluding diaryl/α,β-unsaturated/α-hetero) is 1. The number of ketones is 1. The Bertz CT molecular complexity index is 728. The van der Waals surface area contributed by atoms with Gasteiger partial charge in [0.2, 0.25) is 0 Å². The Balaban J connectivity index is 1.52. The Morgan fingerprint density at radius 1 is 0.926 bits per heavy atom. The summed E-state index contributed by atoms with van der Waals surface area (Å²) in [6.07, 6.45) is 5.87. The molecule has 140 valence electrons. The third kappa shape index (κ3) is 4.06. The molecule has 0 bridgehead atoms. The summed E-state index contributed by atoms with van der Waals surface area (Å²) >= 11 is 0. The predicted molar refractivity (Wildman–Crippen MR) is 110 cm³/mol. The standard InChI is InChI=1S/C25H29NO/c1-2-9-23-24-16-22(14-21(24)15-25(23)27)26(17-19-10-5-3-6-11-19)18-20-12-7-4-8-13-20/h2-8,10-13,21-24H,1,9,14-18H2/t21-,22?,23?,24-/m1/s1. The molecule has 2 heteroatoms. The van der Waals surface area contributed by atoms with Gasteiger partial charge in [-0.05, 0) is 42.2 Å². The van der Waals surface area contributed by atoms with Gasteiger partial charge in [-0.3, -0.25) is 9.69 Å². The summed E-state index contributed by atoms with van der Waals surface area (Å²) in [5.41, 5.74) is 2.73. The smallest absolute Gasteiger partial charge is 0.136 e. The van der Waals surface area contributed by atoms with E-state index in [9.17, 15) is 4.79 Å². The molecule has 27 heavy (non-hydrogen) atoms. The van der Waals surface area contributed by atoms with Crippen LogP contribution in [0.15, 0.2) is 73.3 Å². The number of nitrogens with zero attached hydrogens (tertiary/aromatic N) is 1. The largest absolute Gasteiger partial charge is 0.299 e. The lowest BCUT2D eigenvalue weighted by Crippen LogP contribution is -2.33. The number of rotatable bonds is 7. The van der Waals surface area contributed by atoms with Crippen molar-refractivity contribution in [2.24, 2.45) is 17.8 Å². The highest BCUT2D eigenvalue weighted by atomic mass is 16.1. The van der Waals surface area contributed by atoms with Crippen molar-refractivity contribution in [2.75, 3.05) is 0 Å². The van der Waals surface area contributed by atoms with Gasteiger partial charge in [0.15, 0.2) is 0 Å². The Morgan fingerprint density at radius 3 is 2.07 bits per heavy atom. The zero-order chi connectivity index (χ0) is 18.6. The highest BCUT2D eigenvalue weighted by Crippen LogP contribution is 2.48. The van der Waals surface area contributed by atoms with Gasteiger partial charge in [-0.15, -0.1) is 6.58 Å². The molecule has 2 unspecified atom stereocenters. The van der Waals surface area contributed by atoms with Gasteiger partial charge in [0.1, 0.15) is 5.78 Å². The maximum Gasteiger partial charge on any atom is 0.136 e. The number of hydrogen-bond acceptors (Lipinski definition) is 2. The summed E-state index contributed by atoms with van der Waals surface area (Å²) in [6, 6.07) is 22.1. The average Bonchev–Trinajstić information content (AvgIpc) is 3.22. The first kappa shape index (κ1) is 18.2. The molecule has 0 spiro atoms. The first-order chi connectivity index (χ1) is 13.2. The minimum Gasteiger partial charge on any atom is -0.299 e. The second-order valence-electron chi connectivity index (χ2n) is 8.23. The van der Waals surface area contributed by atoms with Crippen molar-refractivity contribution in [2.45, 2.75) is 44.8 Å². The van der Waals surface area contributed by atoms with Gasteiger partial charge >= 0.3 is 0 Å². The van der Waals surface area contributed by atoms with Crippen LogP contribution in [0.3, 0.4) is 0 Å². The molecule has 0 aromatic heterocycles. The number of carbonyl (C=O) groups is 1. The van der Waals surface area contributed by atoms with Gasteiger partial charge in [-0.1, -0.05) is 66.7 Å². The number of allylic oxidation sites excluding steroid dienone is 1. The highest BCUT2D eigenvalue weighted by molar-refractivity contribution is 5.84. The second kappa shape index (κ2) is 8.22. The van der Waals surface area contributed by atoms with Crippen LogP contribution >= 0.6 is 0 Å². The van der Waals surface area contributed by atoms with Crippen LogP contribution in [0, 0.1) is 17.8 Å². The molecule has 4 rings (SSSR count). The van der Waals surface area contributed by atoms with E-state index in [1.807, 2.05) is 6.08 Å². The molecule has 0 radical (unpaired) electrons. The first-order valence-electron chi connectivity index (χ1n) is 10.2. The fourth-order valence-electron chi connectivity index (χ4n) is 5.24. The summed E-state index contributed by atoms with van der Waals surface area (Å²) in [6.45, 7) is 5.82. The molecule has 0 saturated heterocycles. The number of benzene rings is 2. The minimum atomic E-state index is 0.216. The quantitative estimate of drug-likeness (QED) is 0.629. The van der Waals surface area contributed by atoms with Crippen LogP contribution in [0.1, 0.15) is 36.8 Å². The van der Waals surface area contributed by atoms with Gasteiger partial charge in [-0.25, -0.2) is 0 Å². The van der Waals surface area contributed by atoms with Crippen LogP contribution in [0.5, 0.6) is 0 Å². The van der Waals surface area contributed by atoms with Crippen LogP contribution in [0.4, 0.5) is 0 Å². The lowest BCUT2D eigenvalue weighted by atomic mass is 9.89. The van der Waals surface area contributed by atoms with Crippen molar-refractivity contribution in [3.8, 4) is 0 Å². The third-order valence-electron chi connectivity index (χ3n) is 6.51. The SMILES string of the molecule is C=CCC1C(=O)C[C@H]2CC(N(Cc3ccccc3)Cc3ccccc3)C[C@@H]12. The third-order valence-corrected chi connectivity index (χ3v) is 6.51. The Morgan fingerprint density at radius 2 is 1.52 bits per heavy atom. The van der Waals surface area contributed by atoms with Crippen LogP contribution < -0.4 is 0 Å². The molecule has 2 aromatic rings. The maximum atomic E-state index is 12.4. The van der Waals surface area contributed by atoms with Gasteiger partial charge in [0, 0.05) is 31.5 Å². The van der Waals surface area contributed by atoms with E-state index in [-0.39, 0.29) is 5.92 Å². The van der Waals surface area contributed by atoms with E-state index in [4.69, 9.17) is 0 Å². The minimum absolute atomic E-state index is 0.216. The van der Waals surface area contributed by atoms with Crippen molar-refractivity contribution in [3.05, 3.63) is 84.4 Å². The summed E-state index contributed by atoms with van der Waals surface area (Å²) in [4.78, 5) is 15.0. The maximum absolute atomic E-state index is 12.4. The van der Waals surface area contributed by atoms with Gasteiger partial charge in [0.05, 0.1) is 0 Å². The molecule has 2 aliphatic carbocycles. The average molecular weight is 360 g/mol. The van der Waals surface area contributed by atoms with Gasteiger partial charge in [-0.2, -0.15) is 0 Å². The molecule has 2 aromatic carbocycles. The van der Waals surface area contributed by atoms with E-state index in [1.165, 1.54) is 11.1 Å². The Kier molecular flexibility index (Phi) is 5.54. The summed E-state index contributed by atoms with van der Waals surface area (Å²) in [5.74, 6) is 1.81. The molecule has 2 nitrogen and oxygen atoms in total. The molecule has 0 aliphatic heterocycles. The van der Waals surface area contributed by atoms with Crippen molar-refractivity contribution < 1.29 is 4.79 Å². The molecule has 2 fully saturated rings. The first-order valence-corrected chi connectivity index (χ1v) is 10.2. The van der Waals surface area contributed by atoms with Gasteiger partial charge in [0.25, 0.3) is 0 Å². The van der Waals surface area contributed by atoms with Crippen LogP contribution in [-0.4, -0.2) is 16.7 Å². The fourth-order valence-corrected chi connectivity index (χ4v) is 5.24. The summed E-state index contributed by atoms with van der Waals surface area (Å²) in [5, 5.41) is 0. The zero-order valence-corrected chi connectivity index (χ0v) is 16.0. The molecule has 2 aliphatic rings. The predicted octanol–water partition coefficient (Wildman–Crippen LogP) is 5.25. The van der Waals surface area contributed by atoms with Gasteiger partial charge < -0.3 is 0 Å². The Labute approximate surface area is 162 Å². The van der Waals surface area contributed by atoms with Crippen molar-refractivity contribution in [1.29, 1.82) is 0 Å². The van der Waals surface area contributed by atoms with E-state index < -0.39 is 0 Å². The lowest BCUT2D eigenvalue weighted by Gasteiger charge is -2.30. The Hall–Kier alpha value is -2.19. The molecule has 0 N–H and O–H groups in total. The second-order valence-corrected chi connectivity index (χ2v) is 8.23. The van der Waals surface area contributed by atoms with E-state index in [0.717, 1.165) is 38.8 Å². The van der Waals surface area contributed by atoms with E-state index in [0.29, 0.717) is 23.7 Å². The summed E-state index contributed by atoms with van der Waals surface area (Å²) < 4.78 is 0. The number of fused-ring (bicyclic) bond motifs is 1. The number of carbonyl (C=O) groups excluding carboxylic acids is 1. The molecule has 4 atom stereocenters. The summed E-state index contributed by atoms with van der Waals surface area (Å²) in [7, 11) is 0. The van der Waals surface area contributed by atoms with Crippen LogP contribution in [-0.2, 0) is 17.9 Å². The van der Waals surface area contributed by atoms with Crippen LogP contribution in [0.2, 0.25) is 0 Å². The van der Waals surface area contributed by atoms with Crippen molar-refractivity contribution >= 4 is 5.78 Å². The molecule has 0 amide bonds. The van der Waals surface area contributed by atoms with Crippen molar-refractivity contribution in [3.63, 3.8) is 0 Å². The van der Waals surface area contributed by atoms with E-state index in [1.54, 1.807) is 0 Å². The monoisotopic (exact) mass is 359 g/mol. The fraction of sp³-hybridized carbons (Fsp3) is 0.400. The topological polar surface area (TPSA) is 20.3 Å². The van der Waals surface area contributed by atoms with Crippen molar-refractivity contribution in [1.82, 2.24) is 4.90 Å². The lowest BCUT2D eigenvalue weighted by molar-refractivity contribution is -0.121. The normalized spacial score (nSPS) is 27.1.